The third-order valence-corrected chi connectivity index (χ3v) is 4.91. The smallest absolute Gasteiger partial charge is 0.231 e. The second-order valence-corrected chi connectivity index (χ2v) is 6.98. The van der Waals surface area contributed by atoms with E-state index < -0.39 is 0 Å². The molecule has 0 N–H and O–H groups in total. The number of ketones is 1. The van der Waals surface area contributed by atoms with Gasteiger partial charge in [0.25, 0.3) is 0 Å². The van der Waals surface area contributed by atoms with Crippen LogP contribution in [0.4, 0.5) is 8.78 Å². The molecule has 148 valence electrons. The molecule has 0 unspecified atom stereocenters. The van der Waals surface area contributed by atoms with Crippen LogP contribution in [0, 0.1) is 11.6 Å². The van der Waals surface area contributed by atoms with Gasteiger partial charge >= 0.3 is 0 Å². The highest BCUT2D eigenvalue weighted by Gasteiger charge is 2.25. The Balaban J connectivity index is 1.41. The lowest BCUT2D eigenvalue weighted by Crippen LogP contribution is -2.30. The van der Waals surface area contributed by atoms with E-state index in [1.54, 1.807) is 18.3 Å². The van der Waals surface area contributed by atoms with Crippen LogP contribution in [0.5, 0.6) is 0 Å². The number of halogens is 2. The Morgan fingerprint density at radius 3 is 2.48 bits per heavy atom. The Labute approximate surface area is 166 Å². The molecular weight excluding hydrogens is 376 g/mol. The predicted octanol–water partition coefficient (Wildman–Crippen LogP) is 4.59. The van der Waals surface area contributed by atoms with Gasteiger partial charge in [0.1, 0.15) is 11.6 Å². The lowest BCUT2D eigenvalue weighted by molar-refractivity contribution is 0.104. The first-order valence-electron chi connectivity index (χ1n) is 9.40. The number of carbonyl (C=O) groups is 1. The molecular formula is C22H19F2N3O2. The first-order valence-corrected chi connectivity index (χ1v) is 9.40. The number of nitrogens with zero attached hydrogens (tertiary/aromatic N) is 3. The average molecular weight is 395 g/mol. The van der Waals surface area contributed by atoms with Crippen molar-refractivity contribution in [3.05, 3.63) is 83.9 Å². The maximum atomic E-state index is 13.1. The molecule has 1 fully saturated rings. The van der Waals surface area contributed by atoms with E-state index in [1.165, 1.54) is 42.5 Å². The molecule has 1 aliphatic heterocycles. The van der Waals surface area contributed by atoms with Crippen LogP contribution in [0.2, 0.25) is 0 Å². The van der Waals surface area contributed by atoms with Gasteiger partial charge in [-0.05, 0) is 61.4 Å². The maximum absolute atomic E-state index is 13.1. The number of piperidine rings is 1. The molecule has 29 heavy (non-hydrogen) atoms. The van der Waals surface area contributed by atoms with Crippen LogP contribution in [0.15, 0.2) is 65.3 Å². The summed E-state index contributed by atoms with van der Waals surface area (Å²) < 4.78 is 31.5. The molecule has 1 atom stereocenters. The quantitative estimate of drug-likeness (QED) is 0.467. The van der Waals surface area contributed by atoms with Crippen LogP contribution >= 0.6 is 0 Å². The van der Waals surface area contributed by atoms with Crippen LogP contribution in [0.1, 0.15) is 35.0 Å². The molecule has 2 aromatic carbocycles. The zero-order valence-electron chi connectivity index (χ0n) is 15.6. The lowest BCUT2D eigenvalue weighted by Gasteiger charge is -2.29. The molecule has 2 heterocycles. The Morgan fingerprint density at radius 1 is 1.07 bits per heavy atom. The number of allylic oxidation sites excluding steroid dienone is 1. The van der Waals surface area contributed by atoms with E-state index in [1.807, 2.05) is 4.90 Å². The molecule has 0 spiro atoms. The Bertz CT molecular complexity index is 1010. The lowest BCUT2D eigenvalue weighted by atomic mass is 9.98. The van der Waals surface area contributed by atoms with Crippen molar-refractivity contribution in [3.63, 3.8) is 0 Å². The fraction of sp³-hybridized carbons (Fsp3) is 0.227. The van der Waals surface area contributed by atoms with Crippen molar-refractivity contribution in [2.75, 3.05) is 13.1 Å². The van der Waals surface area contributed by atoms with Crippen molar-refractivity contribution in [1.29, 1.82) is 0 Å². The number of rotatable bonds is 5. The molecule has 0 amide bonds. The van der Waals surface area contributed by atoms with Crippen molar-refractivity contribution >= 4 is 5.78 Å². The van der Waals surface area contributed by atoms with Crippen LogP contribution in [-0.2, 0) is 0 Å². The standard InChI is InChI=1S/C22H19F2N3O2/c23-18-7-3-15(4-8-18)20(28)11-13-27-12-1-2-17(14-27)22-25-21(26-29-22)16-5-9-19(24)10-6-16/h3-11,13,17H,1-2,12,14H2/b13-11+/t17-/m0/s1. The summed E-state index contributed by atoms with van der Waals surface area (Å²) in [5.41, 5.74) is 1.14. The van der Waals surface area contributed by atoms with Gasteiger partial charge in [0.15, 0.2) is 5.78 Å². The Hall–Kier alpha value is -3.35. The number of benzene rings is 2. The highest BCUT2D eigenvalue weighted by molar-refractivity contribution is 6.04. The van der Waals surface area contributed by atoms with Crippen molar-refractivity contribution in [1.82, 2.24) is 15.0 Å². The first kappa shape index (κ1) is 19.0. The summed E-state index contributed by atoms with van der Waals surface area (Å²) in [6, 6.07) is 11.4. The number of aromatic nitrogens is 2. The van der Waals surface area contributed by atoms with Crippen molar-refractivity contribution in [3.8, 4) is 11.4 Å². The molecule has 7 heteroatoms. The second-order valence-electron chi connectivity index (χ2n) is 6.98. The molecule has 1 aromatic heterocycles. The SMILES string of the molecule is O=C(/C=C/N1CCC[C@H](c2nc(-c3ccc(F)cc3)no2)C1)c1ccc(F)cc1. The van der Waals surface area contributed by atoms with Gasteiger partial charge < -0.3 is 9.42 Å². The molecule has 0 bridgehead atoms. The normalized spacial score (nSPS) is 17.0. The minimum Gasteiger partial charge on any atom is -0.376 e. The van der Waals surface area contributed by atoms with Crippen molar-refractivity contribution < 1.29 is 18.1 Å². The highest BCUT2D eigenvalue weighted by atomic mass is 19.1. The molecule has 0 aliphatic carbocycles. The van der Waals surface area contributed by atoms with E-state index in [0.717, 1.165) is 19.4 Å². The molecule has 0 radical (unpaired) electrons. The van der Waals surface area contributed by atoms with Crippen LogP contribution in [0.3, 0.4) is 0 Å². The van der Waals surface area contributed by atoms with Gasteiger partial charge in [0, 0.05) is 36.5 Å². The summed E-state index contributed by atoms with van der Waals surface area (Å²) >= 11 is 0. The van der Waals surface area contributed by atoms with E-state index in [2.05, 4.69) is 10.1 Å². The molecule has 1 aliphatic rings. The van der Waals surface area contributed by atoms with E-state index in [9.17, 15) is 13.6 Å². The number of likely N-dealkylation sites (tertiary alicyclic amines) is 1. The summed E-state index contributed by atoms with van der Waals surface area (Å²) in [6.45, 7) is 1.47. The summed E-state index contributed by atoms with van der Waals surface area (Å²) in [5, 5.41) is 4.01. The summed E-state index contributed by atoms with van der Waals surface area (Å²) in [4.78, 5) is 18.7. The van der Waals surface area contributed by atoms with Gasteiger partial charge in [-0.2, -0.15) is 4.98 Å². The highest BCUT2D eigenvalue weighted by Crippen LogP contribution is 2.27. The van der Waals surface area contributed by atoms with Gasteiger partial charge in [-0.25, -0.2) is 8.78 Å². The molecule has 3 aromatic rings. The topological polar surface area (TPSA) is 59.2 Å². The third-order valence-electron chi connectivity index (χ3n) is 4.91. The van der Waals surface area contributed by atoms with E-state index in [-0.39, 0.29) is 23.3 Å². The van der Waals surface area contributed by atoms with E-state index in [0.29, 0.717) is 29.4 Å². The molecule has 4 rings (SSSR count). The Morgan fingerprint density at radius 2 is 1.76 bits per heavy atom. The zero-order chi connectivity index (χ0) is 20.2. The summed E-state index contributed by atoms with van der Waals surface area (Å²) in [6.07, 6.45) is 5.08. The van der Waals surface area contributed by atoms with Crippen LogP contribution in [0.25, 0.3) is 11.4 Å². The number of carbonyl (C=O) groups excluding carboxylic acids is 1. The third kappa shape index (κ3) is 4.56. The maximum Gasteiger partial charge on any atom is 0.231 e. The number of hydrogen-bond acceptors (Lipinski definition) is 5. The number of hydrogen-bond donors (Lipinski definition) is 0. The molecule has 5 nitrogen and oxygen atoms in total. The fourth-order valence-corrected chi connectivity index (χ4v) is 3.34. The van der Waals surface area contributed by atoms with Crippen LogP contribution in [-0.4, -0.2) is 33.9 Å². The molecule has 0 saturated carbocycles. The van der Waals surface area contributed by atoms with Gasteiger partial charge in [-0.15, -0.1) is 0 Å². The zero-order valence-corrected chi connectivity index (χ0v) is 15.6. The predicted molar refractivity (Wildman–Crippen MR) is 103 cm³/mol. The Kier molecular flexibility index (Phi) is 5.46. The van der Waals surface area contributed by atoms with Crippen LogP contribution < -0.4 is 0 Å². The van der Waals surface area contributed by atoms with Crippen molar-refractivity contribution in [2.45, 2.75) is 18.8 Å². The fourth-order valence-electron chi connectivity index (χ4n) is 3.34. The first-order chi connectivity index (χ1) is 14.1. The molecule has 1 saturated heterocycles. The second kappa shape index (κ2) is 8.34. The van der Waals surface area contributed by atoms with E-state index >= 15 is 0 Å². The monoisotopic (exact) mass is 395 g/mol. The minimum atomic E-state index is -0.371. The van der Waals surface area contributed by atoms with Gasteiger partial charge in [-0.1, -0.05) is 5.16 Å². The van der Waals surface area contributed by atoms with Gasteiger partial charge in [0.05, 0.1) is 5.92 Å². The van der Waals surface area contributed by atoms with Gasteiger partial charge in [0.2, 0.25) is 11.7 Å². The summed E-state index contributed by atoms with van der Waals surface area (Å²) in [5.74, 6) is 0.150. The van der Waals surface area contributed by atoms with Crippen molar-refractivity contribution in [2.24, 2.45) is 0 Å². The largest absolute Gasteiger partial charge is 0.376 e. The summed E-state index contributed by atoms with van der Waals surface area (Å²) in [7, 11) is 0. The van der Waals surface area contributed by atoms with Gasteiger partial charge in [-0.3, -0.25) is 4.79 Å². The average Bonchev–Trinajstić information content (AvgIpc) is 3.24. The minimum absolute atomic E-state index is 0.0519. The van der Waals surface area contributed by atoms with E-state index in [4.69, 9.17) is 4.52 Å².